The Bertz CT molecular complexity index is 873. The fourth-order valence-electron chi connectivity index (χ4n) is 2.98. The summed E-state index contributed by atoms with van der Waals surface area (Å²) in [7, 11) is 0. The van der Waals surface area contributed by atoms with Crippen LogP contribution in [0.4, 0.5) is 0 Å². The summed E-state index contributed by atoms with van der Waals surface area (Å²) in [6, 6.07) is 18.1. The minimum Gasteiger partial charge on any atom is -0.298 e. The van der Waals surface area contributed by atoms with E-state index < -0.39 is 0 Å². The smallest absolute Gasteiger partial charge is 0.151 e. The van der Waals surface area contributed by atoms with E-state index in [0.717, 1.165) is 39.3 Å². The number of hydrogen-bond acceptors (Lipinski definition) is 1. The zero-order valence-corrected chi connectivity index (χ0v) is 12.3. The number of carbonyl (C=O) groups excluding carboxylic acids is 1. The Labute approximate surface area is 130 Å². The zero-order chi connectivity index (χ0) is 15.5. The van der Waals surface area contributed by atoms with Gasteiger partial charge in [-0.2, -0.15) is 0 Å². The molecule has 0 amide bonds. The number of benzene rings is 3. The van der Waals surface area contributed by atoms with Crippen molar-refractivity contribution in [1.29, 1.82) is 0 Å². The van der Waals surface area contributed by atoms with Gasteiger partial charge in [0.15, 0.2) is 6.29 Å². The van der Waals surface area contributed by atoms with Gasteiger partial charge in [-0.05, 0) is 33.0 Å². The SMILES string of the molecule is C=Cc1c(C=C)c(-c2ccccc2)c2ccccc2c1C=O. The molecule has 0 heterocycles. The van der Waals surface area contributed by atoms with Gasteiger partial charge in [-0.15, -0.1) is 0 Å². The van der Waals surface area contributed by atoms with Crippen LogP contribution in [-0.4, -0.2) is 6.29 Å². The van der Waals surface area contributed by atoms with E-state index in [-0.39, 0.29) is 0 Å². The molecule has 0 radical (unpaired) electrons. The molecule has 1 heteroatoms. The summed E-state index contributed by atoms with van der Waals surface area (Å²) in [5, 5.41) is 1.99. The van der Waals surface area contributed by atoms with Gasteiger partial charge in [0.2, 0.25) is 0 Å². The lowest BCUT2D eigenvalue weighted by atomic mass is 9.86. The molecular formula is C21H16O. The highest BCUT2D eigenvalue weighted by atomic mass is 16.1. The standard InChI is InChI=1S/C21H16O/c1-3-16-17(4-2)21(15-10-6-5-7-11-15)19-13-9-8-12-18(19)20(16)14-22/h3-14H,1-2H2. The van der Waals surface area contributed by atoms with Gasteiger partial charge in [0.05, 0.1) is 0 Å². The molecule has 0 spiro atoms. The van der Waals surface area contributed by atoms with Crippen molar-refractivity contribution >= 4 is 29.2 Å². The number of carbonyl (C=O) groups is 1. The van der Waals surface area contributed by atoms with Gasteiger partial charge in [0, 0.05) is 5.56 Å². The Morgan fingerprint density at radius 1 is 0.682 bits per heavy atom. The molecule has 0 bridgehead atoms. The lowest BCUT2D eigenvalue weighted by molar-refractivity contribution is 0.112. The van der Waals surface area contributed by atoms with Crippen LogP contribution in [0.25, 0.3) is 34.1 Å². The number of hydrogen-bond donors (Lipinski definition) is 0. The molecular weight excluding hydrogens is 268 g/mol. The quantitative estimate of drug-likeness (QED) is 0.569. The van der Waals surface area contributed by atoms with E-state index in [1.807, 2.05) is 42.5 Å². The molecule has 22 heavy (non-hydrogen) atoms. The molecule has 106 valence electrons. The zero-order valence-electron chi connectivity index (χ0n) is 12.3. The summed E-state index contributed by atoms with van der Waals surface area (Å²) >= 11 is 0. The monoisotopic (exact) mass is 284 g/mol. The van der Waals surface area contributed by atoms with E-state index in [1.165, 1.54) is 0 Å². The first kappa shape index (κ1) is 14.0. The van der Waals surface area contributed by atoms with Crippen LogP contribution in [0.3, 0.4) is 0 Å². The molecule has 0 aliphatic rings. The molecule has 0 saturated carbocycles. The highest BCUT2D eigenvalue weighted by molar-refractivity contribution is 6.11. The van der Waals surface area contributed by atoms with Gasteiger partial charge in [0.1, 0.15) is 0 Å². The minimum atomic E-state index is 0.667. The first-order valence-corrected chi connectivity index (χ1v) is 7.16. The fourth-order valence-corrected chi connectivity index (χ4v) is 2.98. The third-order valence-electron chi connectivity index (χ3n) is 3.92. The molecule has 3 aromatic rings. The Morgan fingerprint density at radius 3 is 1.86 bits per heavy atom. The number of rotatable bonds is 4. The molecule has 3 aromatic carbocycles. The van der Waals surface area contributed by atoms with Crippen molar-refractivity contribution in [3.63, 3.8) is 0 Å². The second kappa shape index (κ2) is 5.82. The lowest BCUT2D eigenvalue weighted by Gasteiger charge is -2.17. The third-order valence-corrected chi connectivity index (χ3v) is 3.92. The maximum atomic E-state index is 11.6. The molecule has 0 unspecified atom stereocenters. The molecule has 0 aliphatic heterocycles. The van der Waals surface area contributed by atoms with E-state index >= 15 is 0 Å². The average molecular weight is 284 g/mol. The highest BCUT2D eigenvalue weighted by Crippen LogP contribution is 2.38. The van der Waals surface area contributed by atoms with Gasteiger partial charge in [0.25, 0.3) is 0 Å². The molecule has 0 saturated heterocycles. The normalized spacial score (nSPS) is 10.4. The maximum Gasteiger partial charge on any atom is 0.151 e. The predicted molar refractivity (Wildman–Crippen MR) is 95.0 cm³/mol. The van der Waals surface area contributed by atoms with Crippen LogP contribution < -0.4 is 0 Å². The number of fused-ring (bicyclic) bond motifs is 1. The van der Waals surface area contributed by atoms with Crippen LogP contribution >= 0.6 is 0 Å². The van der Waals surface area contributed by atoms with Crippen LogP contribution in [0.2, 0.25) is 0 Å². The largest absolute Gasteiger partial charge is 0.298 e. The summed E-state index contributed by atoms with van der Waals surface area (Å²) < 4.78 is 0. The highest BCUT2D eigenvalue weighted by Gasteiger charge is 2.16. The second-order valence-electron chi connectivity index (χ2n) is 5.05. The minimum absolute atomic E-state index is 0.667. The molecule has 0 atom stereocenters. The van der Waals surface area contributed by atoms with Crippen molar-refractivity contribution in [3.8, 4) is 11.1 Å². The van der Waals surface area contributed by atoms with Crippen LogP contribution in [0.1, 0.15) is 21.5 Å². The van der Waals surface area contributed by atoms with Gasteiger partial charge >= 0.3 is 0 Å². The molecule has 0 N–H and O–H groups in total. The van der Waals surface area contributed by atoms with E-state index in [0.29, 0.717) is 5.56 Å². The Kier molecular flexibility index (Phi) is 3.71. The third kappa shape index (κ3) is 2.08. The molecule has 1 nitrogen and oxygen atoms in total. The van der Waals surface area contributed by atoms with Crippen molar-refractivity contribution in [2.24, 2.45) is 0 Å². The Balaban J connectivity index is 2.58. The maximum absolute atomic E-state index is 11.6. The van der Waals surface area contributed by atoms with E-state index in [1.54, 1.807) is 12.2 Å². The van der Waals surface area contributed by atoms with Gasteiger partial charge < -0.3 is 0 Å². The van der Waals surface area contributed by atoms with Crippen molar-refractivity contribution in [2.75, 3.05) is 0 Å². The van der Waals surface area contributed by atoms with Crippen LogP contribution in [0.5, 0.6) is 0 Å². The molecule has 3 rings (SSSR count). The molecule has 0 aliphatic carbocycles. The van der Waals surface area contributed by atoms with E-state index in [2.05, 4.69) is 25.3 Å². The van der Waals surface area contributed by atoms with Crippen molar-refractivity contribution in [1.82, 2.24) is 0 Å². The van der Waals surface area contributed by atoms with Gasteiger partial charge in [-0.25, -0.2) is 0 Å². The summed E-state index contributed by atoms with van der Waals surface area (Å²) in [5.74, 6) is 0. The van der Waals surface area contributed by atoms with Crippen molar-refractivity contribution < 1.29 is 4.79 Å². The lowest BCUT2D eigenvalue weighted by Crippen LogP contribution is -1.97. The van der Waals surface area contributed by atoms with Crippen molar-refractivity contribution in [2.45, 2.75) is 0 Å². The first-order chi connectivity index (χ1) is 10.8. The van der Waals surface area contributed by atoms with E-state index in [4.69, 9.17) is 0 Å². The Morgan fingerprint density at radius 2 is 1.27 bits per heavy atom. The summed E-state index contributed by atoms with van der Waals surface area (Å²) in [5.41, 5.74) is 4.64. The summed E-state index contributed by atoms with van der Waals surface area (Å²) in [4.78, 5) is 11.6. The summed E-state index contributed by atoms with van der Waals surface area (Å²) in [6.07, 6.45) is 4.44. The van der Waals surface area contributed by atoms with Crippen LogP contribution in [-0.2, 0) is 0 Å². The van der Waals surface area contributed by atoms with Crippen LogP contribution in [0.15, 0.2) is 67.8 Å². The van der Waals surface area contributed by atoms with Crippen LogP contribution in [0, 0.1) is 0 Å². The van der Waals surface area contributed by atoms with Gasteiger partial charge in [-0.3, -0.25) is 4.79 Å². The van der Waals surface area contributed by atoms with Gasteiger partial charge in [-0.1, -0.05) is 79.9 Å². The fraction of sp³-hybridized carbons (Fsp3) is 0. The summed E-state index contributed by atoms with van der Waals surface area (Å²) in [6.45, 7) is 7.83. The Hall–Kier alpha value is -2.93. The first-order valence-electron chi connectivity index (χ1n) is 7.16. The predicted octanol–water partition coefficient (Wildman–Crippen LogP) is 5.61. The second-order valence-corrected chi connectivity index (χ2v) is 5.05. The molecule has 0 fully saturated rings. The number of aldehydes is 1. The topological polar surface area (TPSA) is 17.1 Å². The average Bonchev–Trinajstić information content (AvgIpc) is 2.60. The molecule has 0 aromatic heterocycles. The van der Waals surface area contributed by atoms with Crippen molar-refractivity contribution in [3.05, 3.63) is 84.4 Å². The van der Waals surface area contributed by atoms with E-state index in [9.17, 15) is 4.79 Å².